The topological polar surface area (TPSA) is 32.3 Å². The summed E-state index contributed by atoms with van der Waals surface area (Å²) in [7, 11) is 0. The molecule has 0 aliphatic carbocycles. The van der Waals surface area contributed by atoms with Crippen LogP contribution >= 0.6 is 11.6 Å². The largest absolute Gasteiger partial charge is 0.352 e. The van der Waals surface area contributed by atoms with E-state index in [1.807, 2.05) is 18.2 Å². The zero-order valence-electron chi connectivity index (χ0n) is 17.1. The number of hydrogen-bond donors (Lipinski definition) is 1. The maximum absolute atomic E-state index is 13.7. The minimum atomic E-state index is -0.232. The highest BCUT2D eigenvalue weighted by Gasteiger charge is 2.25. The first-order valence-corrected chi connectivity index (χ1v) is 10.8. The van der Waals surface area contributed by atoms with Crippen LogP contribution in [-0.4, -0.2) is 23.9 Å². The molecule has 156 valence electrons. The van der Waals surface area contributed by atoms with E-state index in [1.165, 1.54) is 22.4 Å². The van der Waals surface area contributed by atoms with Crippen molar-refractivity contribution in [2.24, 2.45) is 5.92 Å². The fraction of sp³-hybridized carbons (Fsp3) is 0.320. The first-order valence-electron chi connectivity index (χ1n) is 10.4. The first kappa shape index (κ1) is 20.8. The van der Waals surface area contributed by atoms with Crippen molar-refractivity contribution in [3.05, 3.63) is 82.1 Å². The second-order valence-electron chi connectivity index (χ2n) is 8.13. The number of likely N-dealkylation sites (tertiary alicyclic amines) is 1. The van der Waals surface area contributed by atoms with Gasteiger partial charge < -0.3 is 5.32 Å². The Kier molecular flexibility index (Phi) is 6.35. The molecule has 0 aromatic heterocycles. The summed E-state index contributed by atoms with van der Waals surface area (Å²) < 4.78 is 13.7. The van der Waals surface area contributed by atoms with E-state index in [-0.39, 0.29) is 17.6 Å². The Labute approximate surface area is 181 Å². The van der Waals surface area contributed by atoms with Crippen LogP contribution in [0.5, 0.6) is 0 Å². The molecular formula is C25H26ClFN2O. The van der Waals surface area contributed by atoms with Crippen molar-refractivity contribution in [3.8, 4) is 0 Å². The molecule has 1 saturated heterocycles. The molecule has 1 aliphatic heterocycles. The fourth-order valence-corrected chi connectivity index (χ4v) is 4.29. The fourth-order valence-electron chi connectivity index (χ4n) is 4.12. The Morgan fingerprint density at radius 2 is 1.93 bits per heavy atom. The van der Waals surface area contributed by atoms with Gasteiger partial charge in [0, 0.05) is 24.0 Å². The van der Waals surface area contributed by atoms with Crippen LogP contribution in [0.15, 0.2) is 54.6 Å². The monoisotopic (exact) mass is 424 g/mol. The summed E-state index contributed by atoms with van der Waals surface area (Å²) in [6.45, 7) is 4.72. The molecule has 0 unspecified atom stereocenters. The molecule has 1 heterocycles. The van der Waals surface area contributed by atoms with E-state index in [0.29, 0.717) is 12.1 Å². The van der Waals surface area contributed by atoms with Gasteiger partial charge in [0.2, 0.25) is 5.91 Å². The molecule has 0 saturated carbocycles. The number of halogens is 2. The second kappa shape index (κ2) is 9.15. The van der Waals surface area contributed by atoms with Crippen molar-refractivity contribution < 1.29 is 9.18 Å². The number of hydrogen-bond acceptors (Lipinski definition) is 2. The number of nitrogens with one attached hydrogen (secondary N) is 1. The summed E-state index contributed by atoms with van der Waals surface area (Å²) in [6.07, 6.45) is 1.67. The van der Waals surface area contributed by atoms with Crippen LogP contribution in [0.4, 0.5) is 4.39 Å². The summed E-state index contributed by atoms with van der Waals surface area (Å²) in [4.78, 5) is 15.0. The lowest BCUT2D eigenvalue weighted by molar-refractivity contribution is -0.126. The van der Waals surface area contributed by atoms with Gasteiger partial charge in [-0.15, -0.1) is 0 Å². The van der Waals surface area contributed by atoms with E-state index in [4.69, 9.17) is 11.6 Å². The van der Waals surface area contributed by atoms with Gasteiger partial charge in [0.05, 0.1) is 0 Å². The summed E-state index contributed by atoms with van der Waals surface area (Å²) in [5.74, 6) is -0.157. The van der Waals surface area contributed by atoms with Crippen molar-refractivity contribution in [1.29, 1.82) is 0 Å². The summed E-state index contributed by atoms with van der Waals surface area (Å²) >= 11 is 6.20. The van der Waals surface area contributed by atoms with Gasteiger partial charge >= 0.3 is 0 Å². The average Bonchev–Trinajstić information content (AvgIpc) is 2.75. The van der Waals surface area contributed by atoms with E-state index < -0.39 is 0 Å². The van der Waals surface area contributed by atoms with E-state index in [2.05, 4.69) is 34.5 Å². The van der Waals surface area contributed by atoms with Crippen LogP contribution in [0, 0.1) is 18.7 Å². The predicted octanol–water partition coefficient (Wildman–Crippen LogP) is 5.47. The zero-order chi connectivity index (χ0) is 21.1. The number of benzene rings is 3. The van der Waals surface area contributed by atoms with Crippen molar-refractivity contribution in [2.45, 2.75) is 32.9 Å². The van der Waals surface area contributed by atoms with Crippen LogP contribution in [0.25, 0.3) is 10.8 Å². The molecular weight excluding hydrogens is 399 g/mol. The molecule has 0 atom stereocenters. The smallest absolute Gasteiger partial charge is 0.223 e. The number of piperidine rings is 1. The van der Waals surface area contributed by atoms with Crippen molar-refractivity contribution in [2.75, 3.05) is 13.1 Å². The van der Waals surface area contributed by atoms with E-state index >= 15 is 0 Å². The molecule has 30 heavy (non-hydrogen) atoms. The Morgan fingerprint density at radius 1 is 1.13 bits per heavy atom. The SMILES string of the molecule is Cc1ccc(CNC(=O)C2CCN(Cc3cccc4ccc(Cl)cc34)CC2)cc1F. The molecule has 3 aromatic rings. The van der Waals surface area contributed by atoms with E-state index in [0.717, 1.165) is 43.1 Å². The third kappa shape index (κ3) is 4.82. The molecule has 3 nitrogen and oxygen atoms in total. The Hall–Kier alpha value is -2.43. The standard InChI is InChI=1S/C25H26ClFN2O/c1-17-5-6-18(13-24(17)27)15-28-25(30)20-9-11-29(12-10-20)16-21-4-2-3-19-7-8-22(26)14-23(19)21/h2-8,13-14,20H,9-12,15-16H2,1H3,(H,28,30). The molecule has 1 fully saturated rings. The predicted molar refractivity (Wildman–Crippen MR) is 120 cm³/mol. The van der Waals surface area contributed by atoms with Crippen molar-refractivity contribution >= 4 is 28.3 Å². The van der Waals surface area contributed by atoms with Crippen LogP contribution in [0.2, 0.25) is 5.02 Å². The lowest BCUT2D eigenvalue weighted by Crippen LogP contribution is -2.40. The Balaban J connectivity index is 1.31. The minimum Gasteiger partial charge on any atom is -0.352 e. The number of amides is 1. The van der Waals surface area contributed by atoms with E-state index in [1.54, 1.807) is 13.0 Å². The lowest BCUT2D eigenvalue weighted by Gasteiger charge is -2.31. The number of carbonyl (C=O) groups is 1. The molecule has 0 spiro atoms. The molecule has 5 heteroatoms. The maximum atomic E-state index is 13.7. The number of rotatable bonds is 5. The lowest BCUT2D eigenvalue weighted by atomic mass is 9.95. The zero-order valence-corrected chi connectivity index (χ0v) is 17.9. The summed E-state index contributed by atoms with van der Waals surface area (Å²) in [6, 6.07) is 17.4. The molecule has 1 amide bonds. The Morgan fingerprint density at radius 3 is 2.70 bits per heavy atom. The quantitative estimate of drug-likeness (QED) is 0.589. The highest BCUT2D eigenvalue weighted by Crippen LogP contribution is 2.26. The third-order valence-electron chi connectivity index (χ3n) is 5.99. The van der Waals surface area contributed by atoms with Gasteiger partial charge in [-0.05, 0) is 78.5 Å². The second-order valence-corrected chi connectivity index (χ2v) is 8.57. The van der Waals surface area contributed by atoms with Crippen molar-refractivity contribution in [3.63, 3.8) is 0 Å². The Bertz CT molecular complexity index is 1060. The van der Waals surface area contributed by atoms with Gasteiger partial charge in [0.15, 0.2) is 0 Å². The molecule has 0 bridgehead atoms. The minimum absolute atomic E-state index is 0.0125. The summed E-state index contributed by atoms with van der Waals surface area (Å²) in [5.41, 5.74) is 2.67. The molecule has 0 radical (unpaired) electrons. The normalized spacial score (nSPS) is 15.4. The van der Waals surface area contributed by atoms with Crippen LogP contribution in [-0.2, 0) is 17.9 Å². The van der Waals surface area contributed by atoms with Crippen LogP contribution in [0.3, 0.4) is 0 Å². The van der Waals surface area contributed by atoms with Crippen molar-refractivity contribution in [1.82, 2.24) is 10.2 Å². The van der Waals surface area contributed by atoms with E-state index in [9.17, 15) is 9.18 Å². The van der Waals surface area contributed by atoms with Crippen LogP contribution in [0.1, 0.15) is 29.5 Å². The highest BCUT2D eigenvalue weighted by atomic mass is 35.5. The average molecular weight is 425 g/mol. The van der Waals surface area contributed by atoms with Gasteiger partial charge in [0.25, 0.3) is 0 Å². The number of fused-ring (bicyclic) bond motifs is 1. The number of nitrogens with zero attached hydrogens (tertiary/aromatic N) is 1. The molecule has 1 N–H and O–H groups in total. The van der Waals surface area contributed by atoms with Gasteiger partial charge in [-0.1, -0.05) is 48.0 Å². The van der Waals surface area contributed by atoms with Gasteiger partial charge in [0.1, 0.15) is 5.82 Å². The number of aryl methyl sites for hydroxylation is 1. The molecule has 3 aromatic carbocycles. The summed E-state index contributed by atoms with van der Waals surface area (Å²) in [5, 5.41) is 6.10. The number of carbonyl (C=O) groups excluding carboxylic acids is 1. The highest BCUT2D eigenvalue weighted by molar-refractivity contribution is 6.31. The van der Waals surface area contributed by atoms with Gasteiger partial charge in [-0.3, -0.25) is 9.69 Å². The van der Waals surface area contributed by atoms with Gasteiger partial charge in [-0.25, -0.2) is 4.39 Å². The first-order chi connectivity index (χ1) is 14.5. The van der Waals surface area contributed by atoms with Crippen LogP contribution < -0.4 is 5.32 Å². The third-order valence-corrected chi connectivity index (χ3v) is 6.22. The molecule has 1 aliphatic rings. The molecule has 4 rings (SSSR count). The maximum Gasteiger partial charge on any atom is 0.223 e. The van der Waals surface area contributed by atoms with Gasteiger partial charge in [-0.2, -0.15) is 0 Å².